The standard InChI is InChI=1S/C21H16F3N5O3/c1-11-15(19(30)27-13-8-9-25-10-14(13)32-2)20(31)29-18(26-11)16(12-6-4-3-5-7-12)17(28-29)21(22,23)24/h3-10,28H,1-2H3,(H,25,27,30). The minimum Gasteiger partial charge on any atom is -0.493 e. The average molecular weight is 443 g/mol. The molecule has 4 rings (SSSR count). The number of nitrogens with zero attached hydrogens (tertiary/aromatic N) is 3. The van der Waals surface area contributed by atoms with Crippen molar-refractivity contribution < 1.29 is 22.7 Å². The molecule has 3 aromatic heterocycles. The number of alkyl halides is 3. The number of hydrogen-bond donors (Lipinski definition) is 2. The molecule has 0 fully saturated rings. The van der Waals surface area contributed by atoms with Crippen molar-refractivity contribution in [2.45, 2.75) is 13.1 Å². The monoisotopic (exact) mass is 443 g/mol. The predicted molar refractivity (Wildman–Crippen MR) is 110 cm³/mol. The lowest BCUT2D eigenvalue weighted by Crippen LogP contribution is -2.29. The van der Waals surface area contributed by atoms with Crippen molar-refractivity contribution in [1.82, 2.24) is 19.6 Å². The van der Waals surface area contributed by atoms with Gasteiger partial charge in [0.2, 0.25) is 0 Å². The van der Waals surface area contributed by atoms with Gasteiger partial charge < -0.3 is 10.1 Å². The molecule has 1 aromatic carbocycles. The number of fused-ring (bicyclic) bond motifs is 1. The zero-order valence-electron chi connectivity index (χ0n) is 16.8. The molecule has 32 heavy (non-hydrogen) atoms. The number of methoxy groups -OCH3 is 1. The number of ether oxygens (including phenoxy) is 1. The van der Waals surface area contributed by atoms with Gasteiger partial charge in [-0.15, -0.1) is 0 Å². The molecular formula is C21H16F3N5O3. The molecule has 0 aliphatic carbocycles. The van der Waals surface area contributed by atoms with Crippen LogP contribution in [0.5, 0.6) is 5.75 Å². The molecule has 0 unspecified atom stereocenters. The van der Waals surface area contributed by atoms with Gasteiger partial charge in [-0.1, -0.05) is 30.3 Å². The summed E-state index contributed by atoms with van der Waals surface area (Å²) >= 11 is 0. The van der Waals surface area contributed by atoms with Crippen LogP contribution in [0.3, 0.4) is 0 Å². The van der Waals surface area contributed by atoms with Crippen molar-refractivity contribution in [2.24, 2.45) is 0 Å². The van der Waals surface area contributed by atoms with Crippen LogP contribution in [-0.4, -0.2) is 32.6 Å². The van der Waals surface area contributed by atoms with E-state index in [0.29, 0.717) is 4.52 Å². The van der Waals surface area contributed by atoms with Gasteiger partial charge >= 0.3 is 6.18 Å². The molecule has 1 amide bonds. The maximum atomic E-state index is 13.8. The number of rotatable bonds is 4. The quantitative estimate of drug-likeness (QED) is 0.501. The Balaban J connectivity index is 1.91. The third kappa shape index (κ3) is 3.57. The van der Waals surface area contributed by atoms with E-state index in [9.17, 15) is 22.8 Å². The summed E-state index contributed by atoms with van der Waals surface area (Å²) in [5, 5.41) is 4.60. The lowest BCUT2D eigenvalue weighted by Gasteiger charge is -2.10. The van der Waals surface area contributed by atoms with Crippen molar-refractivity contribution in [2.75, 3.05) is 12.4 Å². The van der Waals surface area contributed by atoms with Crippen molar-refractivity contribution in [1.29, 1.82) is 0 Å². The van der Waals surface area contributed by atoms with Gasteiger partial charge in [-0.05, 0) is 18.6 Å². The summed E-state index contributed by atoms with van der Waals surface area (Å²) in [6, 6.07) is 9.24. The van der Waals surface area contributed by atoms with Crippen molar-refractivity contribution >= 4 is 17.2 Å². The summed E-state index contributed by atoms with van der Waals surface area (Å²) in [7, 11) is 1.38. The van der Waals surface area contributed by atoms with E-state index >= 15 is 0 Å². The fourth-order valence-electron chi connectivity index (χ4n) is 3.35. The average Bonchev–Trinajstić information content (AvgIpc) is 3.15. The molecule has 8 nitrogen and oxygen atoms in total. The van der Waals surface area contributed by atoms with Gasteiger partial charge in [-0.2, -0.15) is 17.7 Å². The van der Waals surface area contributed by atoms with Crippen LogP contribution in [0.15, 0.2) is 53.6 Å². The number of aromatic amines is 1. The van der Waals surface area contributed by atoms with E-state index in [0.717, 1.165) is 0 Å². The van der Waals surface area contributed by atoms with Crippen molar-refractivity contribution in [3.8, 4) is 16.9 Å². The number of H-pyrrole nitrogens is 1. The van der Waals surface area contributed by atoms with Crippen LogP contribution in [0.25, 0.3) is 16.8 Å². The minimum absolute atomic E-state index is 0.0228. The second-order valence-corrected chi connectivity index (χ2v) is 6.79. The Morgan fingerprint density at radius 2 is 1.91 bits per heavy atom. The van der Waals surface area contributed by atoms with Crippen LogP contribution >= 0.6 is 0 Å². The van der Waals surface area contributed by atoms with E-state index < -0.39 is 28.9 Å². The maximum Gasteiger partial charge on any atom is 0.433 e. The number of carbonyl (C=O) groups is 1. The number of anilines is 1. The van der Waals surface area contributed by atoms with Crippen LogP contribution < -0.4 is 15.6 Å². The highest BCUT2D eigenvalue weighted by Gasteiger charge is 2.38. The first-order chi connectivity index (χ1) is 15.2. The second-order valence-electron chi connectivity index (χ2n) is 6.79. The molecule has 3 heterocycles. The SMILES string of the molecule is COc1cnccc1NC(=O)c1c(C)nc2c(-c3ccccc3)c(C(F)(F)F)[nH]n2c1=O. The molecule has 0 spiro atoms. The number of benzene rings is 1. The van der Waals surface area contributed by atoms with E-state index in [1.165, 1.54) is 44.6 Å². The Bertz CT molecular complexity index is 1380. The van der Waals surface area contributed by atoms with Gasteiger partial charge in [-0.3, -0.25) is 19.7 Å². The van der Waals surface area contributed by atoms with Gasteiger partial charge in [0.05, 0.1) is 30.3 Å². The largest absolute Gasteiger partial charge is 0.493 e. The van der Waals surface area contributed by atoms with E-state index in [1.54, 1.807) is 18.2 Å². The molecule has 0 bridgehead atoms. The van der Waals surface area contributed by atoms with Gasteiger partial charge in [0, 0.05) is 6.20 Å². The molecule has 0 radical (unpaired) electrons. The van der Waals surface area contributed by atoms with Gasteiger partial charge in [0.25, 0.3) is 11.5 Å². The molecule has 0 aliphatic rings. The minimum atomic E-state index is -4.79. The first-order valence-corrected chi connectivity index (χ1v) is 9.29. The third-order valence-corrected chi connectivity index (χ3v) is 4.79. The number of carbonyl (C=O) groups excluding carboxylic acids is 1. The smallest absolute Gasteiger partial charge is 0.433 e. The Hall–Kier alpha value is -4.15. The van der Waals surface area contributed by atoms with E-state index in [2.05, 4.69) is 20.4 Å². The number of aryl methyl sites for hydroxylation is 1. The summed E-state index contributed by atoms with van der Waals surface area (Å²) in [4.78, 5) is 34.0. The molecular weight excluding hydrogens is 427 g/mol. The lowest BCUT2D eigenvalue weighted by molar-refractivity contribution is -0.140. The summed E-state index contributed by atoms with van der Waals surface area (Å²) in [6.07, 6.45) is -2.01. The van der Waals surface area contributed by atoms with E-state index in [-0.39, 0.29) is 33.9 Å². The highest BCUT2D eigenvalue weighted by molar-refractivity contribution is 6.05. The van der Waals surface area contributed by atoms with Crippen LogP contribution in [0.4, 0.5) is 18.9 Å². The molecule has 0 saturated heterocycles. The highest BCUT2D eigenvalue weighted by Crippen LogP contribution is 2.38. The Kier molecular flexibility index (Phi) is 5.17. The maximum absolute atomic E-state index is 13.8. The topological polar surface area (TPSA) is 101 Å². The van der Waals surface area contributed by atoms with Crippen LogP contribution in [0.1, 0.15) is 21.7 Å². The first-order valence-electron chi connectivity index (χ1n) is 9.29. The summed E-state index contributed by atoms with van der Waals surface area (Å²) < 4.78 is 47.0. The first kappa shape index (κ1) is 21.1. The number of hydrogen-bond acceptors (Lipinski definition) is 5. The van der Waals surface area contributed by atoms with Gasteiger partial charge in [0.1, 0.15) is 11.3 Å². The predicted octanol–water partition coefficient (Wildman–Crippen LogP) is 3.67. The highest BCUT2D eigenvalue weighted by atomic mass is 19.4. The fourth-order valence-corrected chi connectivity index (χ4v) is 3.35. The van der Waals surface area contributed by atoms with E-state index in [4.69, 9.17) is 4.74 Å². The summed E-state index contributed by atoms with van der Waals surface area (Å²) in [6.45, 7) is 1.38. The second kappa shape index (κ2) is 7.84. The Morgan fingerprint density at radius 3 is 2.56 bits per heavy atom. The number of nitrogens with one attached hydrogen (secondary N) is 2. The van der Waals surface area contributed by atoms with Crippen molar-refractivity contribution in [3.05, 3.63) is 76.1 Å². The zero-order valence-corrected chi connectivity index (χ0v) is 16.8. The Labute approximate surface area is 178 Å². The fraction of sp³-hybridized carbons (Fsp3) is 0.143. The molecule has 0 atom stereocenters. The third-order valence-electron chi connectivity index (χ3n) is 4.79. The molecule has 164 valence electrons. The van der Waals surface area contributed by atoms with Crippen molar-refractivity contribution in [3.63, 3.8) is 0 Å². The number of amides is 1. The lowest BCUT2D eigenvalue weighted by atomic mass is 10.1. The van der Waals surface area contributed by atoms with Crippen LogP contribution in [0, 0.1) is 6.92 Å². The molecule has 0 saturated carbocycles. The molecule has 4 aromatic rings. The van der Waals surface area contributed by atoms with Crippen LogP contribution in [-0.2, 0) is 6.18 Å². The zero-order chi connectivity index (χ0) is 23.0. The summed E-state index contributed by atoms with van der Waals surface area (Å²) in [5.74, 6) is -0.596. The molecule has 0 aliphatic heterocycles. The molecule has 2 N–H and O–H groups in total. The number of pyridine rings is 1. The van der Waals surface area contributed by atoms with Crippen LogP contribution in [0.2, 0.25) is 0 Å². The number of halogens is 3. The Morgan fingerprint density at radius 1 is 1.19 bits per heavy atom. The normalized spacial score (nSPS) is 11.5. The van der Waals surface area contributed by atoms with Gasteiger partial charge in [0.15, 0.2) is 11.4 Å². The number of aromatic nitrogens is 4. The van der Waals surface area contributed by atoms with E-state index in [1.807, 2.05) is 0 Å². The molecule has 11 heteroatoms. The van der Waals surface area contributed by atoms with Gasteiger partial charge in [-0.25, -0.2) is 4.98 Å². The summed E-state index contributed by atoms with van der Waals surface area (Å²) in [5.41, 5.74) is -2.58.